The molecule has 0 N–H and O–H groups in total. The summed E-state index contributed by atoms with van der Waals surface area (Å²) in [4.78, 5) is 4.46. The lowest BCUT2D eigenvalue weighted by atomic mass is 10.3. The van der Waals surface area contributed by atoms with E-state index in [0.29, 0.717) is 0 Å². The maximum Gasteiger partial charge on any atom is 0.202 e. The zero-order chi connectivity index (χ0) is 12.8. The van der Waals surface area contributed by atoms with Gasteiger partial charge in [0.15, 0.2) is 0 Å². The molecule has 7 nitrogen and oxygen atoms in total. The molecule has 0 spiro atoms. The summed E-state index contributed by atoms with van der Waals surface area (Å²) in [5.41, 5.74) is -0.700. The highest BCUT2D eigenvalue weighted by atomic mass is 32.3. The molecule has 0 saturated carbocycles. The van der Waals surface area contributed by atoms with E-state index >= 15 is 0 Å². The van der Waals surface area contributed by atoms with E-state index in [0.717, 1.165) is 12.1 Å². The van der Waals surface area contributed by atoms with Crippen LogP contribution < -0.4 is 0 Å². The Balaban J connectivity index is 3.12. The second kappa shape index (κ2) is 3.28. The van der Waals surface area contributed by atoms with Crippen LogP contribution in [-0.4, -0.2) is 16.8 Å². The Kier molecular flexibility index (Phi) is 2.22. The smallest absolute Gasteiger partial charge is 0.202 e. The Morgan fingerprint density at radius 1 is 0.882 bits per heavy atom. The number of hydrogen-bond acceptors (Lipinski definition) is 4. The van der Waals surface area contributed by atoms with E-state index < -0.39 is 29.8 Å². The molecule has 0 aliphatic carbocycles. The highest BCUT2D eigenvalue weighted by molar-refractivity contribution is 8.14. The molecule has 0 aromatic heterocycles. The number of fused-ring (bicyclic) bond motifs is 1. The molecule has 9 heteroatoms. The first-order valence-electron chi connectivity index (χ1n) is 4.00. The van der Waals surface area contributed by atoms with Crippen molar-refractivity contribution in [1.29, 1.82) is 0 Å². The Morgan fingerprint density at radius 2 is 1.24 bits per heavy atom. The zero-order valence-electron chi connectivity index (χ0n) is 7.95. The predicted molar refractivity (Wildman–Crippen MR) is 56.7 cm³/mol. The summed E-state index contributed by atoms with van der Waals surface area (Å²) in [6, 6.07) is 2.18. The largest absolute Gasteiger partial charge is 0.430 e. The second-order valence-corrected chi connectivity index (χ2v) is 6.32. The Labute approximate surface area is 97.4 Å². The third-order valence-corrected chi connectivity index (χ3v) is 5.58. The number of rotatable bonds is 0. The average molecular weight is 268 g/mol. The van der Waals surface area contributed by atoms with Crippen molar-refractivity contribution in [2.45, 2.75) is 9.79 Å². The normalized spacial score (nSPS) is 18.9. The van der Waals surface area contributed by atoms with Gasteiger partial charge in [-0.15, -0.1) is 0 Å². The second-order valence-electron chi connectivity index (χ2n) is 3.01. The van der Waals surface area contributed by atoms with Gasteiger partial charge in [-0.25, -0.2) is 26.5 Å². The molecule has 0 fully saturated rings. The first kappa shape index (κ1) is 11.5. The van der Waals surface area contributed by atoms with Crippen LogP contribution in [0.25, 0.3) is 13.8 Å². The molecule has 0 radical (unpaired) electrons. The topological polar surface area (TPSA) is 91.1 Å². The van der Waals surface area contributed by atoms with Gasteiger partial charge in [0.05, 0.1) is 22.9 Å². The van der Waals surface area contributed by atoms with Crippen LogP contribution in [0.3, 0.4) is 0 Å². The molecule has 1 aromatic carbocycles. The lowest BCUT2D eigenvalue weighted by Gasteiger charge is -2.07. The van der Waals surface area contributed by atoms with Crippen LogP contribution in [0, 0.1) is 13.1 Å². The van der Waals surface area contributed by atoms with Crippen molar-refractivity contribution in [3.63, 3.8) is 0 Å². The molecule has 0 bridgehead atoms. The SMILES string of the molecule is [C-]#[N+]c1ccc([N+]#[C-])c2c1S(=O)(=O)[N-]S2(=O)=O. The highest BCUT2D eigenvalue weighted by Crippen LogP contribution is 2.48. The van der Waals surface area contributed by atoms with E-state index in [9.17, 15) is 16.8 Å². The molecule has 2 rings (SSSR count). The lowest BCUT2D eigenvalue weighted by Crippen LogP contribution is -1.93. The number of sulfonamides is 2. The summed E-state index contributed by atoms with van der Waals surface area (Å²) in [7, 11) is -8.82. The van der Waals surface area contributed by atoms with Crippen LogP contribution in [0.2, 0.25) is 0 Å². The van der Waals surface area contributed by atoms with Crippen molar-refractivity contribution in [1.82, 2.24) is 0 Å². The van der Waals surface area contributed by atoms with Crippen LogP contribution in [0.5, 0.6) is 0 Å². The quantitative estimate of drug-likeness (QED) is 0.667. The van der Waals surface area contributed by atoms with Crippen molar-refractivity contribution in [3.8, 4) is 0 Å². The summed E-state index contributed by atoms with van der Waals surface area (Å²) >= 11 is 0. The maximum absolute atomic E-state index is 11.5. The maximum atomic E-state index is 11.5. The zero-order valence-corrected chi connectivity index (χ0v) is 9.58. The lowest BCUT2D eigenvalue weighted by molar-refractivity contribution is 0.604. The van der Waals surface area contributed by atoms with Gasteiger partial charge in [0.1, 0.15) is 20.0 Å². The van der Waals surface area contributed by atoms with Gasteiger partial charge in [0.25, 0.3) is 0 Å². The first-order chi connectivity index (χ1) is 7.83. The minimum absolute atomic E-state index is 0.350. The van der Waals surface area contributed by atoms with Gasteiger partial charge >= 0.3 is 0 Å². The van der Waals surface area contributed by atoms with E-state index in [1.807, 2.05) is 0 Å². The van der Waals surface area contributed by atoms with Crippen LogP contribution in [-0.2, 0) is 20.0 Å². The van der Waals surface area contributed by atoms with E-state index in [1.165, 1.54) is 0 Å². The van der Waals surface area contributed by atoms with Gasteiger partial charge < -0.3 is 4.13 Å². The summed E-state index contributed by atoms with van der Waals surface area (Å²) in [5.74, 6) is 0. The van der Waals surface area contributed by atoms with Gasteiger partial charge in [0.2, 0.25) is 11.4 Å². The first-order valence-corrected chi connectivity index (χ1v) is 6.88. The average Bonchev–Trinajstić information content (AvgIpc) is 2.44. The molecule has 0 amide bonds. The van der Waals surface area contributed by atoms with Crippen LogP contribution in [0.15, 0.2) is 21.9 Å². The van der Waals surface area contributed by atoms with Crippen molar-refractivity contribution >= 4 is 31.4 Å². The van der Waals surface area contributed by atoms with Crippen LogP contribution in [0.4, 0.5) is 11.4 Å². The van der Waals surface area contributed by atoms with E-state index in [-0.39, 0.29) is 11.4 Å². The summed E-state index contributed by atoms with van der Waals surface area (Å²) in [6.07, 6.45) is 0. The molecule has 17 heavy (non-hydrogen) atoms. The molecule has 0 saturated heterocycles. The summed E-state index contributed by atoms with van der Waals surface area (Å²) in [6.45, 7) is 13.6. The number of nitrogens with zero attached hydrogens (tertiary/aromatic N) is 3. The molecular formula is C8H2N3O4S2-. The predicted octanol–water partition coefficient (Wildman–Crippen LogP) is 1.55. The van der Waals surface area contributed by atoms with E-state index in [1.54, 1.807) is 0 Å². The monoisotopic (exact) mass is 268 g/mol. The molecule has 1 aliphatic rings. The van der Waals surface area contributed by atoms with E-state index in [4.69, 9.17) is 13.1 Å². The molecule has 1 heterocycles. The standard InChI is InChI=1S/C8H2N3O4S2/c1-9-5-3-4-6(10-2)8-7(5)16(12,13)11-17(8,14)15/h3-4H/q-1. The third-order valence-electron chi connectivity index (χ3n) is 2.02. The Morgan fingerprint density at radius 3 is 1.53 bits per heavy atom. The van der Waals surface area contributed by atoms with Gasteiger partial charge in [-0.3, -0.25) is 0 Å². The minimum atomic E-state index is -4.41. The molecule has 0 unspecified atom stereocenters. The molecule has 86 valence electrons. The van der Waals surface area contributed by atoms with Gasteiger partial charge in [-0.1, -0.05) is 12.1 Å². The minimum Gasteiger partial charge on any atom is -0.430 e. The molecular weight excluding hydrogens is 266 g/mol. The van der Waals surface area contributed by atoms with Crippen LogP contribution >= 0.6 is 0 Å². The Hall–Kier alpha value is -1.94. The number of benzene rings is 1. The van der Waals surface area contributed by atoms with Crippen molar-refractivity contribution < 1.29 is 16.8 Å². The third kappa shape index (κ3) is 1.49. The van der Waals surface area contributed by atoms with Crippen LogP contribution in [0.1, 0.15) is 0 Å². The molecule has 1 aromatic rings. The summed E-state index contributed by atoms with van der Waals surface area (Å²) in [5, 5.41) is 0. The van der Waals surface area contributed by atoms with E-state index in [2.05, 4.69) is 13.8 Å². The summed E-state index contributed by atoms with van der Waals surface area (Å²) < 4.78 is 48.8. The van der Waals surface area contributed by atoms with Crippen molar-refractivity contribution in [2.75, 3.05) is 0 Å². The van der Waals surface area contributed by atoms with Gasteiger partial charge in [-0.2, -0.15) is 0 Å². The van der Waals surface area contributed by atoms with Crippen molar-refractivity contribution in [3.05, 3.63) is 39.1 Å². The highest BCUT2D eigenvalue weighted by Gasteiger charge is 2.32. The van der Waals surface area contributed by atoms with Gasteiger partial charge in [-0.05, 0) is 0 Å². The fourth-order valence-electron chi connectivity index (χ4n) is 1.42. The van der Waals surface area contributed by atoms with Crippen molar-refractivity contribution in [2.24, 2.45) is 0 Å². The number of hydrogen-bond donors (Lipinski definition) is 0. The van der Waals surface area contributed by atoms with Gasteiger partial charge in [0, 0.05) is 0 Å². The fraction of sp³-hybridized carbons (Fsp3) is 0. The molecule has 1 aliphatic heterocycles. The molecule has 0 atom stereocenters. The Bertz CT molecular complexity index is 741. The fourth-order valence-corrected chi connectivity index (χ4v) is 5.12.